The normalized spacial score (nSPS) is 15.1. The van der Waals surface area contributed by atoms with Gasteiger partial charge in [0.05, 0.1) is 6.04 Å². The summed E-state index contributed by atoms with van der Waals surface area (Å²) in [7, 11) is 0. The molecule has 0 fully saturated rings. The van der Waals surface area contributed by atoms with Gasteiger partial charge in [0, 0.05) is 18.0 Å². The van der Waals surface area contributed by atoms with Gasteiger partial charge in [0.1, 0.15) is 23.2 Å². The number of hydrogen-bond acceptors (Lipinski definition) is 5. The van der Waals surface area contributed by atoms with Crippen molar-refractivity contribution in [1.82, 2.24) is 0 Å². The van der Waals surface area contributed by atoms with Gasteiger partial charge < -0.3 is 15.2 Å². The highest BCUT2D eigenvalue weighted by atomic mass is 32.2. The van der Waals surface area contributed by atoms with Gasteiger partial charge in [-0.15, -0.1) is 11.8 Å². The van der Waals surface area contributed by atoms with Gasteiger partial charge in [0.2, 0.25) is 0 Å². The topological polar surface area (TPSA) is 70.9 Å². The Morgan fingerprint density at radius 3 is 2.72 bits per heavy atom. The summed E-state index contributed by atoms with van der Waals surface area (Å²) in [5.41, 5.74) is 4.67. The van der Waals surface area contributed by atoms with Crippen molar-refractivity contribution < 1.29 is 19.0 Å². The zero-order valence-corrected chi connectivity index (χ0v) is 20.0. The molecular weight excluding hydrogens is 427 g/mol. The number of aryl methyl sites for hydroxylation is 2. The van der Waals surface area contributed by atoms with Gasteiger partial charge in [-0.1, -0.05) is 32.9 Å². The zero-order valence-electron chi connectivity index (χ0n) is 19.2. The maximum atomic E-state index is 13.5. The number of rotatable bonds is 9. The molecule has 5 nitrogen and oxygen atoms in total. The molecule has 0 bridgehead atoms. The molecule has 0 radical (unpaired) electrons. The minimum absolute atomic E-state index is 0.199. The molecule has 0 aromatic heterocycles. The second kappa shape index (κ2) is 13.1. The van der Waals surface area contributed by atoms with Gasteiger partial charge in [-0.25, -0.2) is 4.39 Å². The Labute approximate surface area is 194 Å². The first-order valence-electron chi connectivity index (χ1n) is 10.9. The predicted octanol–water partition coefficient (Wildman–Crippen LogP) is 5.92. The van der Waals surface area contributed by atoms with Gasteiger partial charge in [0.15, 0.2) is 0 Å². The van der Waals surface area contributed by atoms with Gasteiger partial charge >= 0.3 is 0 Å². The quantitative estimate of drug-likeness (QED) is 0.455. The summed E-state index contributed by atoms with van der Waals surface area (Å²) in [6.45, 7) is 9.70. The van der Waals surface area contributed by atoms with Gasteiger partial charge in [-0.2, -0.15) is 0 Å². The van der Waals surface area contributed by atoms with Crippen molar-refractivity contribution in [1.29, 1.82) is 0 Å². The molecule has 2 aromatic carbocycles. The molecule has 174 valence electrons. The van der Waals surface area contributed by atoms with E-state index >= 15 is 0 Å². The van der Waals surface area contributed by atoms with Crippen LogP contribution in [0.25, 0.3) is 0 Å². The highest BCUT2D eigenvalue weighted by molar-refractivity contribution is 8.14. The summed E-state index contributed by atoms with van der Waals surface area (Å²) < 4.78 is 19.5. The molecule has 0 saturated carbocycles. The fourth-order valence-corrected chi connectivity index (χ4v) is 4.62. The van der Waals surface area contributed by atoms with Crippen LogP contribution in [0, 0.1) is 12.7 Å². The molecule has 0 spiro atoms. The number of carboxylic acid groups (broad SMARTS) is 1. The van der Waals surface area contributed by atoms with E-state index in [0.29, 0.717) is 12.5 Å². The number of benzene rings is 2. The van der Waals surface area contributed by atoms with Crippen LogP contribution in [0.4, 0.5) is 10.1 Å². The highest BCUT2D eigenvalue weighted by Gasteiger charge is 2.18. The fraction of sp³-hybridized carbons (Fsp3) is 0.440. The lowest BCUT2D eigenvalue weighted by Gasteiger charge is -2.12. The predicted molar refractivity (Wildman–Crippen MR) is 132 cm³/mol. The van der Waals surface area contributed by atoms with Crippen LogP contribution >= 0.6 is 11.8 Å². The lowest BCUT2D eigenvalue weighted by atomic mass is 9.98. The average Bonchev–Trinajstić information content (AvgIpc) is 3.20. The standard InChI is InChI=1S/C24H31FN2OS.CH2O2/c1-5-18-6-7-19(25)13-23(18)26-11-10-20-15-29-24(27-20)14-28-21-8-9-22(16(2)3)17(4)12-21;2-1-3/h6-9,12-13,16,20,26H,5,10-11,14-15H2,1-4H3;1H,(H,2,3). The molecule has 2 aromatic rings. The van der Waals surface area contributed by atoms with E-state index in [2.05, 4.69) is 45.1 Å². The zero-order chi connectivity index (χ0) is 23.5. The van der Waals surface area contributed by atoms with E-state index in [1.54, 1.807) is 17.8 Å². The lowest BCUT2D eigenvalue weighted by molar-refractivity contribution is -0.122. The maximum Gasteiger partial charge on any atom is 0.290 e. The molecule has 7 heteroatoms. The molecule has 32 heavy (non-hydrogen) atoms. The Morgan fingerprint density at radius 2 is 2.06 bits per heavy atom. The number of nitrogens with one attached hydrogen (secondary N) is 1. The first-order valence-corrected chi connectivity index (χ1v) is 11.9. The summed E-state index contributed by atoms with van der Waals surface area (Å²) >= 11 is 1.78. The molecule has 1 aliphatic rings. The van der Waals surface area contributed by atoms with Gasteiger partial charge in [-0.3, -0.25) is 9.79 Å². The lowest BCUT2D eigenvalue weighted by Crippen LogP contribution is -2.13. The van der Waals surface area contributed by atoms with Crippen molar-refractivity contribution in [2.75, 3.05) is 24.2 Å². The molecule has 0 aliphatic carbocycles. The van der Waals surface area contributed by atoms with E-state index in [-0.39, 0.29) is 18.3 Å². The maximum absolute atomic E-state index is 13.5. The Kier molecular flexibility index (Phi) is 10.5. The molecule has 0 amide bonds. The number of carbonyl (C=O) groups is 1. The Hall–Kier alpha value is -2.54. The highest BCUT2D eigenvalue weighted by Crippen LogP contribution is 2.25. The number of anilines is 1. The number of ether oxygens (including phenoxy) is 1. The van der Waals surface area contributed by atoms with Crippen molar-refractivity contribution in [2.24, 2.45) is 4.99 Å². The molecule has 2 N–H and O–H groups in total. The van der Waals surface area contributed by atoms with Crippen LogP contribution in [-0.4, -0.2) is 41.6 Å². The van der Waals surface area contributed by atoms with Crippen LogP contribution in [0.15, 0.2) is 41.4 Å². The Morgan fingerprint density at radius 1 is 1.31 bits per heavy atom. The third kappa shape index (κ3) is 7.86. The smallest absolute Gasteiger partial charge is 0.290 e. The van der Waals surface area contributed by atoms with Crippen LogP contribution in [-0.2, 0) is 11.2 Å². The second-order valence-corrected chi connectivity index (χ2v) is 9.02. The van der Waals surface area contributed by atoms with Crippen LogP contribution in [0.5, 0.6) is 5.75 Å². The van der Waals surface area contributed by atoms with Crippen molar-refractivity contribution in [2.45, 2.75) is 52.5 Å². The number of nitrogens with zero attached hydrogens (tertiary/aromatic N) is 1. The number of aliphatic imine (C=N–C) groups is 1. The molecule has 0 saturated heterocycles. The van der Waals surface area contributed by atoms with Crippen molar-refractivity contribution >= 4 is 29.0 Å². The first-order chi connectivity index (χ1) is 15.4. The van der Waals surface area contributed by atoms with E-state index in [4.69, 9.17) is 19.6 Å². The van der Waals surface area contributed by atoms with Gasteiger partial charge in [-0.05, 0) is 66.6 Å². The van der Waals surface area contributed by atoms with E-state index in [1.165, 1.54) is 17.2 Å². The Balaban J connectivity index is 0.00000114. The first kappa shape index (κ1) is 25.7. The Bertz CT molecular complexity index is 918. The van der Waals surface area contributed by atoms with Crippen molar-refractivity contribution in [3.63, 3.8) is 0 Å². The van der Waals surface area contributed by atoms with Crippen LogP contribution in [0.3, 0.4) is 0 Å². The minimum atomic E-state index is -0.250. The SMILES string of the molecule is CCc1ccc(F)cc1NCCC1CSC(COc2ccc(C(C)C)c(C)c2)=N1.O=CO. The molecule has 1 atom stereocenters. The summed E-state index contributed by atoms with van der Waals surface area (Å²) in [6, 6.07) is 11.6. The van der Waals surface area contributed by atoms with Gasteiger partial charge in [0.25, 0.3) is 6.47 Å². The minimum Gasteiger partial charge on any atom is -0.487 e. The monoisotopic (exact) mass is 460 g/mol. The summed E-state index contributed by atoms with van der Waals surface area (Å²) in [6.07, 6.45) is 1.82. The molecule has 1 unspecified atom stereocenters. The van der Waals surface area contributed by atoms with Crippen LogP contribution in [0.2, 0.25) is 0 Å². The summed E-state index contributed by atoms with van der Waals surface area (Å²) in [4.78, 5) is 13.2. The largest absolute Gasteiger partial charge is 0.487 e. The number of halogens is 1. The average molecular weight is 461 g/mol. The van der Waals surface area contributed by atoms with Crippen molar-refractivity contribution in [3.05, 3.63) is 58.9 Å². The van der Waals surface area contributed by atoms with Crippen LogP contribution < -0.4 is 10.1 Å². The number of hydrogen-bond donors (Lipinski definition) is 2. The van der Waals surface area contributed by atoms with Crippen LogP contribution in [0.1, 0.15) is 49.8 Å². The third-order valence-corrected chi connectivity index (χ3v) is 6.35. The summed E-state index contributed by atoms with van der Waals surface area (Å²) in [5, 5.41) is 11.3. The van der Waals surface area contributed by atoms with Crippen molar-refractivity contribution in [3.8, 4) is 5.75 Å². The molecule has 3 rings (SSSR count). The molecular formula is C25H33FN2O3S. The second-order valence-electron chi connectivity index (χ2n) is 7.93. The fourth-order valence-electron chi connectivity index (χ4n) is 3.62. The molecule has 1 aliphatic heterocycles. The van der Waals surface area contributed by atoms with E-state index in [1.807, 2.05) is 12.1 Å². The van der Waals surface area contributed by atoms with E-state index in [9.17, 15) is 4.39 Å². The van der Waals surface area contributed by atoms with E-state index in [0.717, 1.165) is 47.2 Å². The number of thioether (sulfide) groups is 1. The third-order valence-electron chi connectivity index (χ3n) is 5.24. The summed E-state index contributed by atoms with van der Waals surface area (Å²) in [5.74, 6) is 2.21. The van der Waals surface area contributed by atoms with E-state index < -0.39 is 0 Å². The molecule has 1 heterocycles.